The number of halogens is 1. The third-order valence-corrected chi connectivity index (χ3v) is 4.25. The Kier molecular flexibility index (Phi) is 5.45. The maximum absolute atomic E-state index is 12.7. The number of aromatic nitrogens is 1. The van der Waals surface area contributed by atoms with E-state index in [4.69, 9.17) is 16.3 Å². The number of nitrogens with one attached hydrogen (secondary N) is 1. The van der Waals surface area contributed by atoms with Crippen LogP contribution in [0.5, 0.6) is 0 Å². The standard InChI is InChI=1S/C18H20ClN3O2/c1-22-9-10-24-16(12-22)18(23)21-17(15-7-2-3-8-20-15)13-5-4-6-14(19)11-13/h2-8,11,16-17H,9-10,12H2,1H3,(H,21,23)/t16-,17+/m0/s1. The molecule has 1 aromatic carbocycles. The third-order valence-electron chi connectivity index (χ3n) is 4.01. The summed E-state index contributed by atoms with van der Waals surface area (Å²) in [6.45, 7) is 1.97. The fraction of sp³-hybridized carbons (Fsp3) is 0.333. The number of hydrogen-bond acceptors (Lipinski definition) is 4. The van der Waals surface area contributed by atoms with Crippen LogP contribution in [0.2, 0.25) is 5.02 Å². The van der Waals surface area contributed by atoms with Gasteiger partial charge in [0, 0.05) is 24.3 Å². The fourth-order valence-electron chi connectivity index (χ4n) is 2.73. The van der Waals surface area contributed by atoms with E-state index in [1.807, 2.05) is 49.5 Å². The average Bonchev–Trinajstić information content (AvgIpc) is 2.60. The van der Waals surface area contributed by atoms with Gasteiger partial charge in [-0.2, -0.15) is 0 Å². The van der Waals surface area contributed by atoms with Crippen LogP contribution < -0.4 is 5.32 Å². The Hall–Kier alpha value is -1.95. The predicted octanol–water partition coefficient (Wildman–Crippen LogP) is 2.27. The molecule has 0 unspecified atom stereocenters. The number of pyridine rings is 1. The minimum absolute atomic E-state index is 0.142. The summed E-state index contributed by atoms with van der Waals surface area (Å²) >= 11 is 6.12. The van der Waals surface area contributed by atoms with Crippen molar-refractivity contribution in [2.45, 2.75) is 12.1 Å². The normalized spacial score (nSPS) is 19.7. The molecule has 3 rings (SSSR count). The van der Waals surface area contributed by atoms with E-state index in [1.165, 1.54) is 0 Å². The summed E-state index contributed by atoms with van der Waals surface area (Å²) in [5.74, 6) is -0.142. The van der Waals surface area contributed by atoms with Gasteiger partial charge in [-0.15, -0.1) is 0 Å². The summed E-state index contributed by atoms with van der Waals surface area (Å²) in [7, 11) is 1.98. The molecule has 24 heavy (non-hydrogen) atoms. The molecule has 1 N–H and O–H groups in total. The van der Waals surface area contributed by atoms with Gasteiger partial charge in [-0.3, -0.25) is 9.78 Å². The quantitative estimate of drug-likeness (QED) is 0.923. The number of amides is 1. The minimum atomic E-state index is -0.478. The molecule has 0 saturated carbocycles. The zero-order valence-electron chi connectivity index (χ0n) is 13.5. The molecule has 1 aliphatic heterocycles. The zero-order chi connectivity index (χ0) is 16.9. The second kappa shape index (κ2) is 7.75. The molecule has 5 nitrogen and oxygen atoms in total. The van der Waals surface area contributed by atoms with Gasteiger partial charge in [0.15, 0.2) is 0 Å². The van der Waals surface area contributed by atoms with Crippen LogP contribution in [0.15, 0.2) is 48.7 Å². The Morgan fingerprint density at radius 3 is 2.96 bits per heavy atom. The van der Waals surface area contributed by atoms with Crippen molar-refractivity contribution in [3.63, 3.8) is 0 Å². The van der Waals surface area contributed by atoms with Gasteiger partial charge >= 0.3 is 0 Å². The molecule has 2 atom stereocenters. The number of carbonyl (C=O) groups excluding carboxylic acids is 1. The van der Waals surface area contributed by atoms with Crippen molar-refractivity contribution in [3.8, 4) is 0 Å². The van der Waals surface area contributed by atoms with E-state index in [-0.39, 0.29) is 11.9 Å². The molecule has 2 heterocycles. The monoisotopic (exact) mass is 345 g/mol. The molecule has 1 saturated heterocycles. The van der Waals surface area contributed by atoms with Gasteiger partial charge < -0.3 is 15.0 Å². The van der Waals surface area contributed by atoms with E-state index in [9.17, 15) is 4.79 Å². The van der Waals surface area contributed by atoms with Gasteiger partial charge in [0.2, 0.25) is 0 Å². The molecule has 0 bridgehead atoms. The van der Waals surface area contributed by atoms with Crippen LogP contribution in [-0.2, 0) is 9.53 Å². The second-order valence-corrected chi connectivity index (χ2v) is 6.31. The first kappa shape index (κ1) is 16.9. The first-order valence-corrected chi connectivity index (χ1v) is 8.28. The summed E-state index contributed by atoms with van der Waals surface area (Å²) in [5.41, 5.74) is 1.65. The molecular formula is C18H20ClN3O2. The molecule has 0 spiro atoms. The highest BCUT2D eigenvalue weighted by Crippen LogP contribution is 2.23. The van der Waals surface area contributed by atoms with Crippen molar-refractivity contribution < 1.29 is 9.53 Å². The summed E-state index contributed by atoms with van der Waals surface area (Å²) in [6.07, 6.45) is 1.23. The maximum atomic E-state index is 12.7. The van der Waals surface area contributed by atoms with Gasteiger partial charge in [-0.25, -0.2) is 0 Å². The zero-order valence-corrected chi connectivity index (χ0v) is 14.2. The first-order chi connectivity index (χ1) is 11.6. The number of ether oxygens (including phenoxy) is 1. The van der Waals surface area contributed by atoms with Crippen LogP contribution in [0.4, 0.5) is 0 Å². The van der Waals surface area contributed by atoms with E-state index in [0.29, 0.717) is 18.2 Å². The lowest BCUT2D eigenvalue weighted by molar-refractivity contribution is -0.138. The van der Waals surface area contributed by atoms with E-state index >= 15 is 0 Å². The SMILES string of the molecule is CN1CCO[C@H](C(=O)N[C@H](c2cccc(Cl)c2)c2ccccn2)C1. The van der Waals surface area contributed by atoms with Crippen LogP contribution in [-0.4, -0.2) is 48.6 Å². The summed E-state index contributed by atoms with van der Waals surface area (Å²) < 4.78 is 5.61. The number of hydrogen-bond donors (Lipinski definition) is 1. The van der Waals surface area contributed by atoms with Gasteiger partial charge in [-0.1, -0.05) is 29.8 Å². The highest BCUT2D eigenvalue weighted by atomic mass is 35.5. The maximum Gasteiger partial charge on any atom is 0.251 e. The van der Waals surface area contributed by atoms with Crippen molar-refractivity contribution in [2.24, 2.45) is 0 Å². The second-order valence-electron chi connectivity index (χ2n) is 5.87. The minimum Gasteiger partial charge on any atom is -0.366 e. The van der Waals surface area contributed by atoms with Crippen LogP contribution in [0.3, 0.4) is 0 Å². The predicted molar refractivity (Wildman–Crippen MR) is 92.9 cm³/mol. The number of rotatable bonds is 4. The highest BCUT2D eigenvalue weighted by Gasteiger charge is 2.28. The van der Waals surface area contributed by atoms with Crippen LogP contribution >= 0.6 is 11.6 Å². The topological polar surface area (TPSA) is 54.5 Å². The van der Waals surface area contributed by atoms with E-state index in [0.717, 1.165) is 17.8 Å². The molecule has 1 aliphatic rings. The Labute approximate surface area is 146 Å². The average molecular weight is 346 g/mol. The van der Waals surface area contributed by atoms with Gasteiger partial charge in [-0.05, 0) is 36.9 Å². The van der Waals surface area contributed by atoms with Gasteiger partial charge in [0.05, 0.1) is 18.3 Å². The Morgan fingerprint density at radius 1 is 1.38 bits per heavy atom. The van der Waals surface area contributed by atoms with Crippen molar-refractivity contribution in [3.05, 3.63) is 64.9 Å². The highest BCUT2D eigenvalue weighted by molar-refractivity contribution is 6.30. The largest absolute Gasteiger partial charge is 0.366 e. The fourth-order valence-corrected chi connectivity index (χ4v) is 2.93. The summed E-state index contributed by atoms with van der Waals surface area (Å²) in [5, 5.41) is 3.68. The van der Waals surface area contributed by atoms with Crippen molar-refractivity contribution >= 4 is 17.5 Å². The third kappa shape index (κ3) is 4.12. The molecule has 0 aliphatic carbocycles. The smallest absolute Gasteiger partial charge is 0.251 e. The lowest BCUT2D eigenvalue weighted by atomic mass is 10.0. The van der Waals surface area contributed by atoms with E-state index in [1.54, 1.807) is 6.20 Å². The van der Waals surface area contributed by atoms with Crippen molar-refractivity contribution in [1.29, 1.82) is 0 Å². The molecule has 0 radical (unpaired) electrons. The van der Waals surface area contributed by atoms with Crippen LogP contribution in [0.25, 0.3) is 0 Å². The lowest BCUT2D eigenvalue weighted by Crippen LogP contribution is -2.49. The van der Waals surface area contributed by atoms with E-state index in [2.05, 4.69) is 15.2 Å². The number of nitrogens with zero attached hydrogens (tertiary/aromatic N) is 2. The number of morpholine rings is 1. The summed E-state index contributed by atoms with van der Waals surface area (Å²) in [4.78, 5) is 19.1. The molecule has 1 amide bonds. The number of carbonyl (C=O) groups is 1. The molecule has 1 fully saturated rings. The first-order valence-electron chi connectivity index (χ1n) is 7.90. The molecule has 126 valence electrons. The molecule has 1 aromatic heterocycles. The van der Waals surface area contributed by atoms with Crippen LogP contribution in [0, 0.1) is 0 Å². The number of likely N-dealkylation sites (N-methyl/N-ethyl adjacent to an activating group) is 1. The molecule has 6 heteroatoms. The van der Waals surface area contributed by atoms with Crippen molar-refractivity contribution in [1.82, 2.24) is 15.2 Å². The lowest BCUT2D eigenvalue weighted by Gasteiger charge is -2.30. The molecule has 2 aromatic rings. The molecular weight excluding hydrogens is 326 g/mol. The Bertz CT molecular complexity index is 696. The Balaban J connectivity index is 1.84. The van der Waals surface area contributed by atoms with Crippen molar-refractivity contribution in [2.75, 3.05) is 26.7 Å². The van der Waals surface area contributed by atoms with Gasteiger partial charge in [0.25, 0.3) is 5.91 Å². The Morgan fingerprint density at radius 2 is 2.25 bits per heavy atom. The van der Waals surface area contributed by atoms with Crippen LogP contribution in [0.1, 0.15) is 17.3 Å². The number of benzene rings is 1. The van der Waals surface area contributed by atoms with E-state index < -0.39 is 6.10 Å². The van der Waals surface area contributed by atoms with Gasteiger partial charge in [0.1, 0.15) is 6.10 Å². The summed E-state index contributed by atoms with van der Waals surface area (Å²) in [6, 6.07) is 12.7.